The summed E-state index contributed by atoms with van der Waals surface area (Å²) in [5.74, 6) is 0.760. The summed E-state index contributed by atoms with van der Waals surface area (Å²) in [7, 11) is 0. The molecule has 1 aliphatic carbocycles. The molecular formula is C14H20O3. The number of hydrogen-bond donors (Lipinski definition) is 0. The van der Waals surface area contributed by atoms with Crippen LogP contribution in [0.5, 0.6) is 0 Å². The molecule has 3 heteroatoms. The van der Waals surface area contributed by atoms with Crippen molar-refractivity contribution in [3.05, 3.63) is 11.3 Å². The Kier molecular flexibility index (Phi) is 3.11. The van der Waals surface area contributed by atoms with Crippen LogP contribution in [0.4, 0.5) is 0 Å². The number of Topliss-reactive ketones (excluding diaryl/α,β-unsaturated/α-hetero) is 1. The van der Waals surface area contributed by atoms with E-state index in [4.69, 9.17) is 4.74 Å². The fourth-order valence-electron chi connectivity index (χ4n) is 2.90. The number of hydrogen-bond acceptors (Lipinski definition) is 3. The molecule has 1 heterocycles. The van der Waals surface area contributed by atoms with Crippen LogP contribution in [0.2, 0.25) is 0 Å². The summed E-state index contributed by atoms with van der Waals surface area (Å²) in [5.41, 5.74) is 0.732. The van der Waals surface area contributed by atoms with E-state index in [0.29, 0.717) is 25.0 Å². The van der Waals surface area contributed by atoms with Gasteiger partial charge in [0.05, 0.1) is 6.42 Å². The highest BCUT2D eigenvalue weighted by Crippen LogP contribution is 2.43. The zero-order valence-corrected chi connectivity index (χ0v) is 10.8. The molecule has 0 radical (unpaired) electrons. The molecular weight excluding hydrogens is 216 g/mol. The van der Waals surface area contributed by atoms with Crippen LogP contribution in [0.25, 0.3) is 0 Å². The van der Waals surface area contributed by atoms with Crippen molar-refractivity contribution >= 4 is 11.8 Å². The second-order valence-corrected chi connectivity index (χ2v) is 5.94. The standard InChI is InChI=1S/C14H20O3/c1-4-5-9-6-12(16)17-11-8-14(2,3)7-10(15)13(9)11/h9H,4-8H2,1-3H3. The second-order valence-electron chi connectivity index (χ2n) is 5.94. The minimum atomic E-state index is -0.173. The average Bonchev–Trinajstić information content (AvgIpc) is 2.13. The van der Waals surface area contributed by atoms with Gasteiger partial charge in [-0.2, -0.15) is 0 Å². The third-order valence-electron chi connectivity index (χ3n) is 3.57. The van der Waals surface area contributed by atoms with Crippen LogP contribution < -0.4 is 0 Å². The lowest BCUT2D eigenvalue weighted by molar-refractivity contribution is -0.143. The number of allylic oxidation sites excluding steroid dienone is 2. The molecule has 1 unspecified atom stereocenters. The van der Waals surface area contributed by atoms with Gasteiger partial charge in [-0.25, -0.2) is 0 Å². The maximum atomic E-state index is 12.2. The first-order chi connectivity index (χ1) is 7.93. The molecule has 2 rings (SSSR count). The fraction of sp³-hybridized carbons (Fsp3) is 0.714. The molecule has 0 amide bonds. The van der Waals surface area contributed by atoms with E-state index in [1.807, 2.05) is 13.8 Å². The summed E-state index contributed by atoms with van der Waals surface area (Å²) in [5, 5.41) is 0. The van der Waals surface area contributed by atoms with E-state index in [0.717, 1.165) is 18.4 Å². The van der Waals surface area contributed by atoms with Crippen molar-refractivity contribution in [2.24, 2.45) is 11.3 Å². The van der Waals surface area contributed by atoms with Gasteiger partial charge in [-0.1, -0.05) is 27.2 Å². The molecule has 0 saturated carbocycles. The van der Waals surface area contributed by atoms with E-state index in [-0.39, 0.29) is 23.1 Å². The topological polar surface area (TPSA) is 43.4 Å². The fourth-order valence-corrected chi connectivity index (χ4v) is 2.90. The third kappa shape index (κ3) is 2.43. The SMILES string of the molecule is CCCC1CC(=O)OC2=C1C(=O)CC(C)(C)C2. The quantitative estimate of drug-likeness (QED) is 0.692. The Morgan fingerprint density at radius 3 is 2.65 bits per heavy atom. The van der Waals surface area contributed by atoms with Gasteiger partial charge in [0.1, 0.15) is 5.76 Å². The minimum Gasteiger partial charge on any atom is -0.431 e. The van der Waals surface area contributed by atoms with Crippen molar-refractivity contribution in [1.29, 1.82) is 0 Å². The van der Waals surface area contributed by atoms with Crippen molar-refractivity contribution in [3.63, 3.8) is 0 Å². The highest BCUT2D eigenvalue weighted by atomic mass is 16.5. The van der Waals surface area contributed by atoms with E-state index >= 15 is 0 Å². The summed E-state index contributed by atoms with van der Waals surface area (Å²) in [6, 6.07) is 0. The summed E-state index contributed by atoms with van der Waals surface area (Å²) in [6.45, 7) is 6.18. The van der Waals surface area contributed by atoms with Crippen LogP contribution in [0.3, 0.4) is 0 Å². The van der Waals surface area contributed by atoms with Gasteiger partial charge in [-0.3, -0.25) is 9.59 Å². The highest BCUT2D eigenvalue weighted by Gasteiger charge is 2.40. The Morgan fingerprint density at radius 1 is 1.29 bits per heavy atom. The van der Waals surface area contributed by atoms with E-state index in [1.54, 1.807) is 0 Å². The lowest BCUT2D eigenvalue weighted by Gasteiger charge is -2.36. The number of esters is 1. The molecule has 94 valence electrons. The smallest absolute Gasteiger partial charge is 0.311 e. The van der Waals surface area contributed by atoms with Gasteiger partial charge in [0.15, 0.2) is 5.78 Å². The van der Waals surface area contributed by atoms with Crippen LogP contribution in [0.1, 0.15) is 52.9 Å². The summed E-state index contributed by atoms with van der Waals surface area (Å²) < 4.78 is 5.29. The molecule has 0 spiro atoms. The van der Waals surface area contributed by atoms with Gasteiger partial charge >= 0.3 is 5.97 Å². The largest absolute Gasteiger partial charge is 0.431 e. The molecule has 1 atom stereocenters. The maximum absolute atomic E-state index is 12.2. The maximum Gasteiger partial charge on any atom is 0.311 e. The lowest BCUT2D eigenvalue weighted by atomic mass is 9.71. The first-order valence-corrected chi connectivity index (χ1v) is 6.40. The van der Waals surface area contributed by atoms with Crippen LogP contribution >= 0.6 is 0 Å². The number of rotatable bonds is 2. The number of carbonyl (C=O) groups is 2. The van der Waals surface area contributed by atoms with E-state index in [1.165, 1.54) is 0 Å². The van der Waals surface area contributed by atoms with Gasteiger partial charge in [0.25, 0.3) is 0 Å². The average molecular weight is 236 g/mol. The Bertz CT molecular complexity index is 390. The molecule has 0 N–H and O–H groups in total. The molecule has 0 bridgehead atoms. The second kappa shape index (κ2) is 4.28. The normalized spacial score (nSPS) is 27.8. The monoisotopic (exact) mass is 236 g/mol. The third-order valence-corrected chi connectivity index (χ3v) is 3.57. The zero-order valence-electron chi connectivity index (χ0n) is 10.8. The predicted octanol–water partition coefficient (Wildman–Crippen LogP) is 2.99. The van der Waals surface area contributed by atoms with Gasteiger partial charge in [0, 0.05) is 24.3 Å². The predicted molar refractivity (Wildman–Crippen MR) is 64.2 cm³/mol. The number of ether oxygens (including phenoxy) is 1. The molecule has 0 saturated heterocycles. The van der Waals surface area contributed by atoms with Gasteiger partial charge < -0.3 is 4.74 Å². The summed E-state index contributed by atoms with van der Waals surface area (Å²) >= 11 is 0. The number of ketones is 1. The molecule has 0 aromatic heterocycles. The van der Waals surface area contributed by atoms with Crippen molar-refractivity contribution in [2.75, 3.05) is 0 Å². The van der Waals surface area contributed by atoms with E-state index in [2.05, 4.69) is 6.92 Å². The van der Waals surface area contributed by atoms with Crippen molar-refractivity contribution in [3.8, 4) is 0 Å². The van der Waals surface area contributed by atoms with Crippen LogP contribution in [-0.4, -0.2) is 11.8 Å². The molecule has 0 aromatic carbocycles. The zero-order chi connectivity index (χ0) is 12.6. The van der Waals surface area contributed by atoms with Crippen molar-refractivity contribution in [1.82, 2.24) is 0 Å². The molecule has 1 aliphatic heterocycles. The Balaban J connectivity index is 2.35. The van der Waals surface area contributed by atoms with Gasteiger partial charge in [0.2, 0.25) is 0 Å². The van der Waals surface area contributed by atoms with E-state index < -0.39 is 0 Å². The van der Waals surface area contributed by atoms with E-state index in [9.17, 15) is 9.59 Å². The Labute approximate surface area is 102 Å². The summed E-state index contributed by atoms with van der Waals surface area (Å²) in [6.07, 6.45) is 3.55. The molecule has 17 heavy (non-hydrogen) atoms. The number of carbonyl (C=O) groups excluding carboxylic acids is 2. The molecule has 0 fully saturated rings. The first-order valence-electron chi connectivity index (χ1n) is 6.40. The van der Waals surface area contributed by atoms with Crippen LogP contribution in [0, 0.1) is 11.3 Å². The Morgan fingerprint density at radius 2 is 2.00 bits per heavy atom. The Hall–Kier alpha value is -1.12. The van der Waals surface area contributed by atoms with Gasteiger partial charge in [-0.05, 0) is 11.8 Å². The van der Waals surface area contributed by atoms with Crippen LogP contribution in [0.15, 0.2) is 11.3 Å². The first kappa shape index (κ1) is 12.3. The molecule has 0 aromatic rings. The molecule has 2 aliphatic rings. The minimum absolute atomic E-state index is 0.0791. The highest BCUT2D eigenvalue weighted by molar-refractivity contribution is 5.99. The van der Waals surface area contributed by atoms with Crippen molar-refractivity contribution < 1.29 is 14.3 Å². The van der Waals surface area contributed by atoms with Gasteiger partial charge in [-0.15, -0.1) is 0 Å². The van der Waals surface area contributed by atoms with Crippen molar-refractivity contribution in [2.45, 2.75) is 52.9 Å². The summed E-state index contributed by atoms with van der Waals surface area (Å²) in [4.78, 5) is 23.7. The lowest BCUT2D eigenvalue weighted by Crippen LogP contribution is -2.34. The molecule has 3 nitrogen and oxygen atoms in total. The van der Waals surface area contributed by atoms with Crippen LogP contribution in [-0.2, 0) is 14.3 Å².